The normalized spacial score (nSPS) is 15.0. The first-order valence-corrected chi connectivity index (χ1v) is 10.9. The number of hydrogen-bond donors (Lipinski definition) is 1. The van der Waals surface area contributed by atoms with E-state index in [1.807, 2.05) is 43.5 Å². The van der Waals surface area contributed by atoms with E-state index in [-0.39, 0.29) is 17.5 Å². The van der Waals surface area contributed by atoms with Gasteiger partial charge in [0.15, 0.2) is 11.6 Å². The summed E-state index contributed by atoms with van der Waals surface area (Å²) in [6.07, 6.45) is 4.30. The summed E-state index contributed by atoms with van der Waals surface area (Å²) in [4.78, 5) is 21.3. The zero-order valence-electron chi connectivity index (χ0n) is 18.4. The van der Waals surface area contributed by atoms with Gasteiger partial charge in [0, 0.05) is 49.7 Å². The van der Waals surface area contributed by atoms with Crippen LogP contribution in [0.1, 0.15) is 24.1 Å². The zero-order valence-corrected chi connectivity index (χ0v) is 18.4. The molecule has 1 aromatic heterocycles. The third-order valence-corrected chi connectivity index (χ3v) is 5.74. The number of pyridine rings is 1. The predicted octanol–water partition coefficient (Wildman–Crippen LogP) is 4.58. The number of amides is 1. The number of aromatic nitrogens is 1. The van der Waals surface area contributed by atoms with Crippen LogP contribution in [0, 0.1) is 11.6 Å². The van der Waals surface area contributed by atoms with Gasteiger partial charge in [-0.25, -0.2) is 13.8 Å². The lowest BCUT2D eigenvalue weighted by atomic mass is 10.1. The zero-order chi connectivity index (χ0) is 23.2. The summed E-state index contributed by atoms with van der Waals surface area (Å²) in [6, 6.07) is 17.7. The van der Waals surface area contributed by atoms with Crippen molar-refractivity contribution in [2.45, 2.75) is 13.0 Å². The van der Waals surface area contributed by atoms with E-state index in [0.29, 0.717) is 0 Å². The number of piperazine rings is 1. The molecule has 3 aromatic rings. The summed E-state index contributed by atoms with van der Waals surface area (Å²) < 4.78 is 27.1. The van der Waals surface area contributed by atoms with Crippen molar-refractivity contribution in [2.24, 2.45) is 0 Å². The highest BCUT2D eigenvalue weighted by Crippen LogP contribution is 2.23. The van der Waals surface area contributed by atoms with Gasteiger partial charge < -0.3 is 15.1 Å². The van der Waals surface area contributed by atoms with Gasteiger partial charge in [-0.05, 0) is 48.9 Å². The molecule has 0 radical (unpaired) electrons. The molecule has 1 saturated heterocycles. The Labute approximate surface area is 192 Å². The molecule has 0 saturated carbocycles. The highest BCUT2D eigenvalue weighted by molar-refractivity contribution is 5.92. The van der Waals surface area contributed by atoms with Crippen molar-refractivity contribution in [3.8, 4) is 0 Å². The second-order valence-corrected chi connectivity index (χ2v) is 7.96. The van der Waals surface area contributed by atoms with Gasteiger partial charge in [0.1, 0.15) is 5.82 Å². The molecule has 7 heteroatoms. The third-order valence-electron chi connectivity index (χ3n) is 5.74. The van der Waals surface area contributed by atoms with Crippen molar-refractivity contribution in [3.63, 3.8) is 0 Å². The summed E-state index contributed by atoms with van der Waals surface area (Å²) in [5.74, 6) is -1.29. The largest absolute Gasteiger partial charge is 0.368 e. The second-order valence-electron chi connectivity index (χ2n) is 7.96. The van der Waals surface area contributed by atoms with Crippen LogP contribution >= 0.6 is 0 Å². The fraction of sp³-hybridized carbons (Fsp3) is 0.231. The minimum absolute atomic E-state index is 0.0321. The number of rotatable bonds is 6. The molecule has 33 heavy (non-hydrogen) atoms. The molecular formula is C26H26F2N4O. The first-order valence-electron chi connectivity index (χ1n) is 10.9. The molecule has 1 amide bonds. The molecule has 0 spiro atoms. The number of halogens is 2. The van der Waals surface area contributed by atoms with Gasteiger partial charge in [0.05, 0.1) is 6.04 Å². The molecule has 1 N–H and O–H groups in total. The van der Waals surface area contributed by atoms with Crippen LogP contribution in [0.3, 0.4) is 0 Å². The Hall–Kier alpha value is -3.74. The van der Waals surface area contributed by atoms with E-state index in [9.17, 15) is 13.6 Å². The van der Waals surface area contributed by atoms with Crippen molar-refractivity contribution < 1.29 is 13.6 Å². The van der Waals surface area contributed by atoms with Crippen LogP contribution in [0.25, 0.3) is 6.08 Å². The Morgan fingerprint density at radius 2 is 1.76 bits per heavy atom. The minimum Gasteiger partial charge on any atom is -0.368 e. The number of carbonyl (C=O) groups is 1. The maximum atomic E-state index is 13.8. The smallest absolute Gasteiger partial charge is 0.244 e. The minimum atomic E-state index is -0.967. The van der Waals surface area contributed by atoms with E-state index < -0.39 is 11.6 Å². The van der Waals surface area contributed by atoms with Gasteiger partial charge >= 0.3 is 0 Å². The lowest BCUT2D eigenvalue weighted by Crippen LogP contribution is -2.46. The first-order chi connectivity index (χ1) is 16.0. The van der Waals surface area contributed by atoms with Crippen molar-refractivity contribution in [3.05, 3.63) is 95.7 Å². The molecule has 5 nitrogen and oxygen atoms in total. The van der Waals surface area contributed by atoms with Gasteiger partial charge in [0.2, 0.25) is 5.91 Å². The molecule has 170 valence electrons. The van der Waals surface area contributed by atoms with E-state index in [1.54, 1.807) is 0 Å². The molecule has 0 bridgehead atoms. The van der Waals surface area contributed by atoms with Crippen LogP contribution < -0.4 is 15.1 Å². The van der Waals surface area contributed by atoms with Crippen LogP contribution in [-0.2, 0) is 4.79 Å². The van der Waals surface area contributed by atoms with E-state index >= 15 is 0 Å². The third kappa shape index (κ3) is 5.55. The number of benzene rings is 2. The summed E-state index contributed by atoms with van der Waals surface area (Å²) in [5.41, 5.74) is 2.11. The molecule has 1 atom stereocenters. The van der Waals surface area contributed by atoms with Gasteiger partial charge in [0.25, 0.3) is 0 Å². The van der Waals surface area contributed by atoms with Gasteiger partial charge in [-0.2, -0.15) is 0 Å². The van der Waals surface area contributed by atoms with Crippen molar-refractivity contribution in [1.82, 2.24) is 10.3 Å². The topological polar surface area (TPSA) is 48.5 Å². The number of nitrogens with zero attached hydrogens (tertiary/aromatic N) is 3. The van der Waals surface area contributed by atoms with Crippen LogP contribution in [0.5, 0.6) is 0 Å². The molecule has 0 unspecified atom stereocenters. The van der Waals surface area contributed by atoms with E-state index in [0.717, 1.165) is 49.3 Å². The Morgan fingerprint density at radius 3 is 2.52 bits per heavy atom. The molecule has 0 aliphatic carbocycles. The number of hydrogen-bond acceptors (Lipinski definition) is 4. The van der Waals surface area contributed by atoms with E-state index in [1.165, 1.54) is 24.3 Å². The van der Waals surface area contributed by atoms with Gasteiger partial charge in [-0.15, -0.1) is 0 Å². The molecule has 2 aromatic carbocycles. The second kappa shape index (κ2) is 10.3. The number of anilines is 2. The molecule has 1 aliphatic rings. The maximum absolute atomic E-state index is 13.8. The lowest BCUT2D eigenvalue weighted by Gasteiger charge is -2.37. The molecule has 2 heterocycles. The van der Waals surface area contributed by atoms with Crippen LogP contribution in [0.15, 0.2) is 72.9 Å². The Kier molecular flexibility index (Phi) is 6.98. The Balaban J connectivity index is 1.36. The van der Waals surface area contributed by atoms with Crippen molar-refractivity contribution in [2.75, 3.05) is 36.0 Å². The van der Waals surface area contributed by atoms with Crippen molar-refractivity contribution >= 4 is 23.5 Å². The maximum Gasteiger partial charge on any atom is 0.244 e. The summed E-state index contributed by atoms with van der Waals surface area (Å²) in [7, 11) is 0. The monoisotopic (exact) mass is 448 g/mol. The van der Waals surface area contributed by atoms with E-state index in [2.05, 4.69) is 32.2 Å². The molecular weight excluding hydrogens is 422 g/mol. The number of nitrogens with one attached hydrogen (secondary N) is 1. The molecule has 1 aliphatic heterocycles. The van der Waals surface area contributed by atoms with Crippen LogP contribution in [-0.4, -0.2) is 37.1 Å². The molecule has 1 fully saturated rings. The fourth-order valence-corrected chi connectivity index (χ4v) is 3.88. The average Bonchev–Trinajstić information content (AvgIpc) is 2.85. The van der Waals surface area contributed by atoms with Gasteiger partial charge in [-0.1, -0.05) is 30.3 Å². The van der Waals surface area contributed by atoms with Crippen molar-refractivity contribution in [1.29, 1.82) is 0 Å². The Morgan fingerprint density at radius 1 is 1.00 bits per heavy atom. The molecule has 4 rings (SSSR count). The quantitative estimate of drug-likeness (QED) is 0.561. The van der Waals surface area contributed by atoms with E-state index in [4.69, 9.17) is 0 Å². The average molecular weight is 449 g/mol. The summed E-state index contributed by atoms with van der Waals surface area (Å²) >= 11 is 0. The summed E-state index contributed by atoms with van der Waals surface area (Å²) in [6.45, 7) is 5.42. The van der Waals surface area contributed by atoms with Crippen LogP contribution in [0.4, 0.5) is 20.3 Å². The fourth-order valence-electron chi connectivity index (χ4n) is 3.88. The Bertz CT molecular complexity index is 1130. The lowest BCUT2D eigenvalue weighted by molar-refractivity contribution is -0.117. The highest BCUT2D eigenvalue weighted by Gasteiger charge is 2.19. The first kappa shape index (κ1) is 22.5. The van der Waals surface area contributed by atoms with Crippen LogP contribution in [0.2, 0.25) is 0 Å². The number of carbonyl (C=O) groups excluding carboxylic acids is 1. The predicted molar refractivity (Wildman–Crippen MR) is 127 cm³/mol. The standard InChI is InChI=1S/C26H26F2N4O/c1-19(30-25(33)12-11-20-6-5-9-23(27)26(20)28)21-7-4-8-22(18-21)31-14-16-32(17-15-31)24-10-2-3-13-29-24/h2-13,18-19H,14-17H2,1H3,(H,30,33)/t19-/m0/s1. The van der Waals surface area contributed by atoms with Gasteiger partial charge in [-0.3, -0.25) is 4.79 Å². The highest BCUT2D eigenvalue weighted by atomic mass is 19.2. The SMILES string of the molecule is C[C@H](NC(=O)C=Cc1cccc(F)c1F)c1cccc(N2CCN(c3ccccn3)CC2)c1. The summed E-state index contributed by atoms with van der Waals surface area (Å²) in [5, 5.41) is 2.88.